The Morgan fingerprint density at radius 1 is 1.09 bits per heavy atom. The van der Waals surface area contributed by atoms with E-state index in [1.165, 1.54) is 18.2 Å². The van der Waals surface area contributed by atoms with E-state index in [1.54, 1.807) is 0 Å². The minimum absolute atomic E-state index is 0.0168. The first-order valence-corrected chi connectivity index (χ1v) is 11.4. The maximum atomic E-state index is 12.9. The van der Waals surface area contributed by atoms with Crippen molar-refractivity contribution in [3.63, 3.8) is 0 Å². The van der Waals surface area contributed by atoms with Crippen LogP contribution in [0.3, 0.4) is 0 Å². The van der Waals surface area contributed by atoms with Gasteiger partial charge in [0.05, 0.1) is 6.10 Å². The molecule has 2 aromatic carbocycles. The van der Waals surface area contributed by atoms with Crippen LogP contribution in [0, 0.1) is 5.92 Å². The molecule has 1 aliphatic rings. The molecule has 0 aliphatic carbocycles. The molecule has 4 rings (SSSR count). The van der Waals surface area contributed by atoms with E-state index in [-0.39, 0.29) is 46.0 Å². The SMILES string of the molecule is CC(C)CCC[C@]1(C)Oc2cc3oc([C@H](O)c4cc(O)cc(O)c4)cc(=O)c3c(O)c2C[C@H]1O. The van der Waals surface area contributed by atoms with Gasteiger partial charge < -0.3 is 34.7 Å². The van der Waals surface area contributed by atoms with Crippen LogP contribution >= 0.6 is 0 Å². The van der Waals surface area contributed by atoms with Crippen molar-refractivity contribution in [1.82, 2.24) is 0 Å². The summed E-state index contributed by atoms with van der Waals surface area (Å²) in [5.74, 6) is -0.123. The van der Waals surface area contributed by atoms with Gasteiger partial charge in [-0.25, -0.2) is 0 Å². The zero-order valence-electron chi connectivity index (χ0n) is 19.4. The quantitative estimate of drug-likeness (QED) is 0.366. The molecular formula is C26H30O8. The summed E-state index contributed by atoms with van der Waals surface area (Å²) < 4.78 is 11.9. The molecule has 34 heavy (non-hydrogen) atoms. The number of aliphatic hydroxyl groups is 2. The lowest BCUT2D eigenvalue weighted by Crippen LogP contribution is -2.49. The van der Waals surface area contributed by atoms with E-state index in [4.69, 9.17) is 9.15 Å². The highest BCUT2D eigenvalue weighted by Gasteiger charge is 2.41. The number of phenols is 3. The second-order valence-electron chi connectivity index (χ2n) is 9.69. The van der Waals surface area contributed by atoms with E-state index in [9.17, 15) is 30.3 Å². The van der Waals surface area contributed by atoms with Gasteiger partial charge in [0, 0.05) is 30.2 Å². The fourth-order valence-corrected chi connectivity index (χ4v) is 4.51. The van der Waals surface area contributed by atoms with Gasteiger partial charge >= 0.3 is 0 Å². The third kappa shape index (κ3) is 4.43. The summed E-state index contributed by atoms with van der Waals surface area (Å²) in [5.41, 5.74) is -0.972. The summed E-state index contributed by atoms with van der Waals surface area (Å²) in [6, 6.07) is 6.14. The fraction of sp³-hybridized carbons (Fsp3) is 0.423. The zero-order chi connectivity index (χ0) is 24.8. The van der Waals surface area contributed by atoms with Gasteiger partial charge in [0.25, 0.3) is 0 Å². The molecule has 0 spiro atoms. The van der Waals surface area contributed by atoms with Gasteiger partial charge in [0.15, 0.2) is 5.43 Å². The molecule has 5 N–H and O–H groups in total. The van der Waals surface area contributed by atoms with Crippen LogP contribution in [0.4, 0.5) is 0 Å². The summed E-state index contributed by atoms with van der Waals surface area (Å²) in [6.45, 7) is 6.09. The Hall–Kier alpha value is -3.23. The van der Waals surface area contributed by atoms with Crippen LogP contribution < -0.4 is 10.2 Å². The summed E-state index contributed by atoms with van der Waals surface area (Å²) in [7, 11) is 0. The van der Waals surface area contributed by atoms with E-state index in [0.29, 0.717) is 23.7 Å². The number of hydrogen-bond acceptors (Lipinski definition) is 8. The van der Waals surface area contributed by atoms with E-state index in [2.05, 4.69) is 13.8 Å². The normalized spacial score (nSPS) is 20.8. The Kier molecular flexibility index (Phi) is 6.22. The minimum atomic E-state index is -1.45. The van der Waals surface area contributed by atoms with Crippen molar-refractivity contribution < 1.29 is 34.7 Å². The van der Waals surface area contributed by atoms with Crippen LogP contribution in [0.15, 0.2) is 39.5 Å². The Morgan fingerprint density at radius 3 is 2.41 bits per heavy atom. The highest BCUT2D eigenvalue weighted by Crippen LogP contribution is 2.44. The molecule has 0 bridgehead atoms. The van der Waals surface area contributed by atoms with Crippen LogP contribution in [0.2, 0.25) is 0 Å². The molecule has 0 radical (unpaired) electrons. The van der Waals surface area contributed by atoms with Crippen molar-refractivity contribution in [1.29, 1.82) is 0 Å². The number of hydrogen-bond donors (Lipinski definition) is 5. The monoisotopic (exact) mass is 470 g/mol. The topological polar surface area (TPSA) is 141 Å². The summed E-state index contributed by atoms with van der Waals surface area (Å²) in [5, 5.41) is 51.7. The van der Waals surface area contributed by atoms with Crippen LogP contribution in [-0.2, 0) is 6.42 Å². The zero-order valence-corrected chi connectivity index (χ0v) is 19.4. The number of aromatic hydroxyl groups is 3. The first kappa shape index (κ1) is 23.9. The lowest BCUT2D eigenvalue weighted by atomic mass is 9.84. The second kappa shape index (κ2) is 8.85. The molecule has 8 heteroatoms. The third-order valence-electron chi connectivity index (χ3n) is 6.49. The average Bonchev–Trinajstić information content (AvgIpc) is 2.73. The maximum absolute atomic E-state index is 12.9. The Balaban J connectivity index is 1.75. The van der Waals surface area contributed by atoms with Crippen LogP contribution in [0.25, 0.3) is 11.0 Å². The van der Waals surface area contributed by atoms with Gasteiger partial charge in [-0.3, -0.25) is 4.79 Å². The molecule has 3 aromatic rings. The van der Waals surface area contributed by atoms with E-state index >= 15 is 0 Å². The van der Waals surface area contributed by atoms with Gasteiger partial charge in [-0.05, 0) is 43.4 Å². The number of ether oxygens (including phenoxy) is 1. The lowest BCUT2D eigenvalue weighted by Gasteiger charge is -2.40. The first-order valence-electron chi connectivity index (χ1n) is 11.4. The number of benzene rings is 2. The standard InChI is InChI=1S/C26H30O8/c1-13(2)5-4-6-26(3)22(30)10-17-19(34-26)12-20-23(25(17)32)18(29)11-21(33-20)24(31)14-7-15(27)9-16(28)8-14/h7-9,11-13,22,24,27-28,30-32H,4-6,10H2,1-3H3/t22-,24-,26+/m1/s1. The molecule has 0 fully saturated rings. The molecule has 2 heterocycles. The smallest absolute Gasteiger partial charge is 0.196 e. The van der Waals surface area contributed by atoms with Crippen molar-refractivity contribution in [2.75, 3.05) is 0 Å². The van der Waals surface area contributed by atoms with Gasteiger partial charge in [-0.1, -0.05) is 20.3 Å². The van der Waals surface area contributed by atoms with Crippen LogP contribution in [0.1, 0.15) is 63.0 Å². The van der Waals surface area contributed by atoms with Crippen molar-refractivity contribution in [2.45, 2.75) is 64.3 Å². The molecule has 0 unspecified atom stereocenters. The minimum Gasteiger partial charge on any atom is -0.508 e. The number of fused-ring (bicyclic) bond motifs is 2. The molecule has 1 aliphatic heterocycles. The second-order valence-corrected chi connectivity index (χ2v) is 9.69. The predicted molar refractivity (Wildman–Crippen MR) is 125 cm³/mol. The van der Waals surface area contributed by atoms with Crippen molar-refractivity contribution in [3.8, 4) is 23.0 Å². The molecule has 0 amide bonds. The molecule has 182 valence electrons. The molecule has 8 nitrogen and oxygen atoms in total. The average molecular weight is 471 g/mol. The van der Waals surface area contributed by atoms with Crippen LogP contribution in [-0.4, -0.2) is 37.2 Å². The molecule has 3 atom stereocenters. The molecule has 0 saturated heterocycles. The summed E-state index contributed by atoms with van der Waals surface area (Å²) >= 11 is 0. The largest absolute Gasteiger partial charge is 0.508 e. The van der Waals surface area contributed by atoms with Crippen molar-refractivity contribution in [3.05, 3.63) is 57.4 Å². The first-order chi connectivity index (χ1) is 16.0. The maximum Gasteiger partial charge on any atom is 0.196 e. The summed E-state index contributed by atoms with van der Waals surface area (Å²) in [4.78, 5) is 12.9. The molecular weight excluding hydrogens is 440 g/mol. The molecule has 0 saturated carbocycles. The highest BCUT2D eigenvalue weighted by atomic mass is 16.5. The van der Waals surface area contributed by atoms with Gasteiger partial charge in [-0.15, -0.1) is 0 Å². The van der Waals surface area contributed by atoms with E-state index in [1.807, 2.05) is 6.92 Å². The van der Waals surface area contributed by atoms with Crippen molar-refractivity contribution in [2.24, 2.45) is 5.92 Å². The number of phenolic OH excluding ortho intramolecular Hbond substituents is 3. The molecule has 1 aromatic heterocycles. The van der Waals surface area contributed by atoms with Crippen LogP contribution in [0.5, 0.6) is 23.0 Å². The Morgan fingerprint density at radius 2 is 1.76 bits per heavy atom. The lowest BCUT2D eigenvalue weighted by molar-refractivity contribution is -0.0613. The van der Waals surface area contributed by atoms with Gasteiger partial charge in [-0.2, -0.15) is 0 Å². The third-order valence-corrected chi connectivity index (χ3v) is 6.49. The van der Waals surface area contributed by atoms with Gasteiger partial charge in [0.1, 0.15) is 51.4 Å². The summed E-state index contributed by atoms with van der Waals surface area (Å²) in [6.07, 6.45) is 0.292. The van der Waals surface area contributed by atoms with E-state index < -0.39 is 23.2 Å². The number of rotatable bonds is 6. The predicted octanol–water partition coefficient (Wildman–Crippen LogP) is 3.87. The van der Waals surface area contributed by atoms with Gasteiger partial charge in [0.2, 0.25) is 0 Å². The van der Waals surface area contributed by atoms with E-state index in [0.717, 1.165) is 25.0 Å². The number of aliphatic hydroxyl groups excluding tert-OH is 2. The fourth-order valence-electron chi connectivity index (χ4n) is 4.51. The Labute approximate surface area is 196 Å². The van der Waals surface area contributed by atoms with Crippen molar-refractivity contribution >= 4 is 11.0 Å². The Bertz CT molecular complexity index is 1260. The highest BCUT2D eigenvalue weighted by molar-refractivity contribution is 5.87.